The van der Waals surface area contributed by atoms with E-state index in [0.717, 1.165) is 17.7 Å². The predicted octanol–water partition coefficient (Wildman–Crippen LogP) is 2.21. The van der Waals surface area contributed by atoms with Gasteiger partial charge in [0.2, 0.25) is 11.6 Å². The molecule has 3 rings (SSSR count). The van der Waals surface area contributed by atoms with Crippen LogP contribution in [0.15, 0.2) is 37.1 Å². The highest BCUT2D eigenvalue weighted by atomic mass is 79.9. The lowest BCUT2D eigenvalue weighted by Gasteiger charge is -2.12. The Morgan fingerprint density at radius 1 is 1.38 bits per heavy atom. The summed E-state index contributed by atoms with van der Waals surface area (Å²) in [5.74, 6) is -2.53. The number of hydrogen-bond donors (Lipinski definition) is 2. The Hall–Kier alpha value is -3.23. The first kappa shape index (κ1) is 15.7. The van der Waals surface area contributed by atoms with Gasteiger partial charge in [0.1, 0.15) is 6.07 Å². The van der Waals surface area contributed by atoms with E-state index >= 15 is 0 Å². The minimum absolute atomic E-state index is 0.0236. The van der Waals surface area contributed by atoms with Crippen molar-refractivity contribution in [3.8, 4) is 23.4 Å². The lowest BCUT2D eigenvalue weighted by atomic mass is 10.1. The third kappa shape index (κ3) is 4.13. The SMILES string of the molecule is [2H]C([2H])([2H])C([2H])(C)c1cc(Oc2c(Cl)cc(-n3nc(C#N)c(=O)[nH]c3=O)cc2Br)n[nH]c1=O. The van der Waals surface area contributed by atoms with E-state index in [-0.39, 0.29) is 26.8 Å². The van der Waals surface area contributed by atoms with Crippen LogP contribution >= 0.6 is 27.5 Å². The third-order valence-corrected chi connectivity index (χ3v) is 4.42. The highest BCUT2D eigenvalue weighted by Gasteiger charge is 2.16. The number of nitrogens with one attached hydrogen (secondary N) is 2. The van der Waals surface area contributed by atoms with E-state index in [4.69, 9.17) is 27.1 Å². The topological polar surface area (TPSA) is 147 Å². The number of ether oxygens (including phenoxy) is 1. The smallest absolute Gasteiger partial charge is 0.349 e. The molecule has 0 aliphatic carbocycles. The number of rotatable bonds is 4. The molecule has 29 heavy (non-hydrogen) atoms. The molecule has 0 radical (unpaired) electrons. The molecule has 0 amide bonds. The van der Waals surface area contributed by atoms with E-state index in [1.165, 1.54) is 12.1 Å². The van der Waals surface area contributed by atoms with Gasteiger partial charge in [0.05, 0.1) is 15.2 Å². The van der Waals surface area contributed by atoms with Crippen LogP contribution in [0.25, 0.3) is 5.69 Å². The summed E-state index contributed by atoms with van der Waals surface area (Å²) in [7, 11) is 0. The fourth-order valence-electron chi connectivity index (χ4n) is 2.24. The molecule has 1 aromatic carbocycles. The lowest BCUT2D eigenvalue weighted by Crippen LogP contribution is -2.33. The van der Waals surface area contributed by atoms with Gasteiger partial charge in [-0.15, -0.1) is 10.2 Å². The van der Waals surface area contributed by atoms with Crippen LogP contribution in [0.3, 0.4) is 0 Å². The molecular formula is C17H12BrClN6O4. The third-order valence-electron chi connectivity index (χ3n) is 3.55. The molecule has 0 saturated carbocycles. The van der Waals surface area contributed by atoms with Crippen molar-refractivity contribution in [2.45, 2.75) is 19.7 Å². The molecular weight excluding hydrogens is 468 g/mol. The molecule has 12 heteroatoms. The molecule has 0 fully saturated rings. The van der Waals surface area contributed by atoms with Gasteiger partial charge in [-0.2, -0.15) is 9.94 Å². The lowest BCUT2D eigenvalue weighted by molar-refractivity contribution is 0.449. The van der Waals surface area contributed by atoms with E-state index in [2.05, 4.69) is 31.2 Å². The van der Waals surface area contributed by atoms with E-state index in [9.17, 15) is 14.4 Å². The Bertz CT molecular complexity index is 1450. The number of halogens is 2. The summed E-state index contributed by atoms with van der Waals surface area (Å²) in [5.41, 5.74) is -3.59. The zero-order valence-electron chi connectivity index (χ0n) is 18.4. The summed E-state index contributed by atoms with van der Waals surface area (Å²) in [6.07, 6.45) is 0. The van der Waals surface area contributed by atoms with Crippen molar-refractivity contribution in [3.63, 3.8) is 0 Å². The van der Waals surface area contributed by atoms with Crippen molar-refractivity contribution in [1.29, 1.82) is 5.26 Å². The molecule has 1 atom stereocenters. The van der Waals surface area contributed by atoms with Crippen molar-refractivity contribution >= 4 is 27.5 Å². The van der Waals surface area contributed by atoms with Crippen molar-refractivity contribution in [2.75, 3.05) is 0 Å². The fourth-order valence-corrected chi connectivity index (χ4v) is 3.13. The number of aromatic amines is 2. The van der Waals surface area contributed by atoms with Gasteiger partial charge in [-0.05, 0) is 34.0 Å². The van der Waals surface area contributed by atoms with Gasteiger partial charge in [-0.25, -0.2) is 9.89 Å². The maximum Gasteiger partial charge on any atom is 0.349 e. The number of nitrogens with zero attached hydrogens (tertiary/aromatic N) is 4. The van der Waals surface area contributed by atoms with Gasteiger partial charge in [0.25, 0.3) is 11.1 Å². The number of H-pyrrole nitrogens is 2. The second-order valence-electron chi connectivity index (χ2n) is 5.55. The van der Waals surface area contributed by atoms with E-state index in [1.807, 2.05) is 4.98 Å². The molecule has 0 spiro atoms. The monoisotopic (exact) mass is 482 g/mol. The number of aromatic nitrogens is 5. The highest BCUT2D eigenvalue weighted by molar-refractivity contribution is 9.10. The summed E-state index contributed by atoms with van der Waals surface area (Å²) in [4.78, 5) is 37.7. The van der Waals surface area contributed by atoms with Gasteiger partial charge in [0, 0.05) is 17.1 Å². The number of benzene rings is 1. The molecule has 0 aliphatic rings. The Morgan fingerprint density at radius 3 is 2.79 bits per heavy atom. The van der Waals surface area contributed by atoms with E-state index in [0.29, 0.717) is 0 Å². The van der Waals surface area contributed by atoms with Crippen LogP contribution in [0.4, 0.5) is 0 Å². The minimum atomic E-state index is -2.81. The highest BCUT2D eigenvalue weighted by Crippen LogP contribution is 2.37. The summed E-state index contributed by atoms with van der Waals surface area (Å²) in [6.45, 7) is -1.74. The first-order valence-corrected chi connectivity index (χ1v) is 8.84. The zero-order chi connectivity index (χ0) is 24.7. The Labute approximate surface area is 181 Å². The predicted molar refractivity (Wildman–Crippen MR) is 107 cm³/mol. The molecule has 0 saturated heterocycles. The minimum Gasteiger partial charge on any atom is -0.435 e. The molecule has 148 valence electrons. The molecule has 0 bridgehead atoms. The molecule has 2 N–H and O–H groups in total. The normalized spacial score (nSPS) is 15.2. The molecule has 3 aromatic rings. The van der Waals surface area contributed by atoms with Crippen molar-refractivity contribution in [3.05, 3.63) is 70.1 Å². The molecule has 1 unspecified atom stereocenters. The largest absolute Gasteiger partial charge is 0.435 e. The van der Waals surface area contributed by atoms with Crippen LogP contribution in [-0.2, 0) is 0 Å². The average molecular weight is 484 g/mol. The molecule has 0 aliphatic heterocycles. The van der Waals surface area contributed by atoms with Gasteiger partial charge in [0.15, 0.2) is 5.75 Å². The maximum absolute atomic E-state index is 12.1. The maximum atomic E-state index is 12.1. The molecule has 10 nitrogen and oxygen atoms in total. The summed E-state index contributed by atoms with van der Waals surface area (Å²) < 4.78 is 37.2. The van der Waals surface area contributed by atoms with Crippen LogP contribution in [0.1, 0.15) is 36.4 Å². The standard InChI is InChI=1S/C17H12BrClN6O4/c1-7(2)9-5-13(22-23-15(9)26)29-14-10(18)3-8(4-11(14)19)25-17(28)21-16(27)12(6-20)24-25/h3-5,7H,1-2H3,(H,23,26)(H,21,27,28)/i1D3,7D. The second kappa shape index (κ2) is 8.02. The van der Waals surface area contributed by atoms with Gasteiger partial charge in [-0.3, -0.25) is 14.6 Å². The van der Waals surface area contributed by atoms with Crippen molar-refractivity contribution < 1.29 is 10.2 Å². The molecule has 2 aromatic heterocycles. The summed E-state index contributed by atoms with van der Waals surface area (Å²) >= 11 is 9.48. The first-order chi connectivity index (χ1) is 15.3. The number of hydrogen-bond acceptors (Lipinski definition) is 7. The van der Waals surface area contributed by atoms with Gasteiger partial charge >= 0.3 is 5.69 Å². The van der Waals surface area contributed by atoms with Crippen LogP contribution in [0, 0.1) is 11.3 Å². The second-order valence-corrected chi connectivity index (χ2v) is 6.81. The fraction of sp³-hybridized carbons (Fsp3) is 0.176. The van der Waals surface area contributed by atoms with Crippen molar-refractivity contribution in [1.82, 2.24) is 25.0 Å². The Morgan fingerprint density at radius 2 is 2.14 bits per heavy atom. The van der Waals surface area contributed by atoms with Crippen LogP contribution in [0.2, 0.25) is 5.02 Å². The van der Waals surface area contributed by atoms with E-state index < -0.39 is 40.8 Å². The zero-order valence-corrected chi connectivity index (χ0v) is 16.8. The number of nitriles is 1. The van der Waals surface area contributed by atoms with Crippen LogP contribution in [-0.4, -0.2) is 25.0 Å². The average Bonchev–Trinajstić information content (AvgIpc) is 2.71. The summed E-state index contributed by atoms with van der Waals surface area (Å²) in [6, 6.07) is 5.17. The first-order valence-electron chi connectivity index (χ1n) is 9.67. The van der Waals surface area contributed by atoms with Crippen LogP contribution in [0.5, 0.6) is 11.6 Å². The van der Waals surface area contributed by atoms with Gasteiger partial charge < -0.3 is 4.74 Å². The Kier molecular flexibility index (Phi) is 4.33. The summed E-state index contributed by atoms with van der Waals surface area (Å²) in [5, 5.41) is 18.4. The Balaban J connectivity index is 2.06. The van der Waals surface area contributed by atoms with Gasteiger partial charge in [-0.1, -0.05) is 25.4 Å². The van der Waals surface area contributed by atoms with Crippen molar-refractivity contribution in [2.24, 2.45) is 0 Å². The van der Waals surface area contributed by atoms with Crippen LogP contribution < -0.4 is 21.5 Å². The molecule has 2 heterocycles. The van der Waals surface area contributed by atoms with E-state index in [1.54, 1.807) is 6.07 Å². The quantitative estimate of drug-likeness (QED) is 0.578.